The third-order valence-corrected chi connectivity index (χ3v) is 4.71. The average molecular weight is 399 g/mol. The minimum atomic E-state index is -0.556. The predicted molar refractivity (Wildman–Crippen MR) is 99.9 cm³/mol. The third-order valence-electron chi connectivity index (χ3n) is 4.71. The number of hydrogen-bond acceptors (Lipinski definition) is 6. The van der Waals surface area contributed by atoms with Crippen LogP contribution in [0.3, 0.4) is 0 Å². The van der Waals surface area contributed by atoms with Gasteiger partial charge in [-0.25, -0.2) is 4.39 Å². The van der Waals surface area contributed by atoms with Crippen LogP contribution in [-0.2, 0) is 9.53 Å². The summed E-state index contributed by atoms with van der Waals surface area (Å²) in [6.07, 6.45) is 1.41. The van der Waals surface area contributed by atoms with Crippen molar-refractivity contribution in [3.63, 3.8) is 0 Å². The molecule has 148 valence electrons. The van der Waals surface area contributed by atoms with E-state index in [-0.39, 0.29) is 35.8 Å². The highest BCUT2D eigenvalue weighted by Crippen LogP contribution is 2.30. The first-order valence-electron chi connectivity index (χ1n) is 8.64. The Morgan fingerprint density at radius 2 is 2.19 bits per heavy atom. The number of carbonyl (C=O) groups is 1. The first-order chi connectivity index (χ1) is 12.5. The van der Waals surface area contributed by atoms with Crippen LogP contribution < -0.4 is 10.6 Å². The zero-order valence-corrected chi connectivity index (χ0v) is 16.1. The number of nitrogens with zero attached hydrogens (tertiary/aromatic N) is 2. The lowest BCUT2D eigenvalue weighted by atomic mass is 9.78. The van der Waals surface area contributed by atoms with Crippen molar-refractivity contribution < 1.29 is 18.4 Å². The summed E-state index contributed by atoms with van der Waals surface area (Å²) in [6, 6.07) is 5.50. The highest BCUT2D eigenvalue weighted by molar-refractivity contribution is 5.85. The number of benzene rings is 1. The number of amides is 1. The van der Waals surface area contributed by atoms with Gasteiger partial charge in [-0.05, 0) is 45.0 Å². The van der Waals surface area contributed by atoms with Crippen molar-refractivity contribution in [1.82, 2.24) is 20.8 Å². The summed E-state index contributed by atoms with van der Waals surface area (Å²) in [5.41, 5.74) is -0.0348. The van der Waals surface area contributed by atoms with Gasteiger partial charge in [0.05, 0.1) is 12.0 Å². The molecule has 1 atom stereocenters. The Bertz CT molecular complexity index is 759. The van der Waals surface area contributed by atoms with Gasteiger partial charge >= 0.3 is 0 Å². The van der Waals surface area contributed by atoms with Crippen molar-refractivity contribution >= 4 is 18.3 Å². The molecular formula is C18H24ClFN4O3. The number of methoxy groups -OCH3 is 1. The SMILES string of the molecule is COCC1(C(=O)NC(C)c2nc(-c3cccc(F)c3)no2)CCNCC1.Cl. The summed E-state index contributed by atoms with van der Waals surface area (Å²) in [7, 11) is 1.60. The Hall–Kier alpha value is -2.03. The second kappa shape index (κ2) is 9.25. The summed E-state index contributed by atoms with van der Waals surface area (Å²) >= 11 is 0. The Kier molecular flexibility index (Phi) is 7.29. The molecule has 27 heavy (non-hydrogen) atoms. The molecule has 0 saturated carbocycles. The summed E-state index contributed by atoms with van der Waals surface area (Å²) in [5, 5.41) is 10.1. The van der Waals surface area contributed by atoms with Crippen LogP contribution in [0, 0.1) is 11.2 Å². The molecule has 0 aliphatic carbocycles. The van der Waals surface area contributed by atoms with Crippen LogP contribution in [0.4, 0.5) is 4.39 Å². The topological polar surface area (TPSA) is 89.3 Å². The second-order valence-electron chi connectivity index (χ2n) is 6.63. The van der Waals surface area contributed by atoms with E-state index in [1.165, 1.54) is 12.1 Å². The lowest BCUT2D eigenvalue weighted by Gasteiger charge is -2.36. The highest BCUT2D eigenvalue weighted by Gasteiger charge is 2.40. The number of carbonyl (C=O) groups excluding carboxylic acids is 1. The minimum absolute atomic E-state index is 0. The van der Waals surface area contributed by atoms with Gasteiger partial charge in [0.2, 0.25) is 17.6 Å². The molecule has 1 unspecified atom stereocenters. The van der Waals surface area contributed by atoms with Gasteiger partial charge in [-0.1, -0.05) is 17.3 Å². The van der Waals surface area contributed by atoms with E-state index < -0.39 is 11.5 Å². The quantitative estimate of drug-likeness (QED) is 0.777. The standard InChI is InChI=1S/C18H23FN4O3.ClH/c1-12(21-17(24)18(11-25-2)6-8-20-9-7-18)16-22-15(23-26-16)13-4-3-5-14(19)10-13;/h3-5,10,12,20H,6-9,11H2,1-2H3,(H,21,24);1H. The average Bonchev–Trinajstić information content (AvgIpc) is 3.13. The molecule has 2 aromatic rings. The van der Waals surface area contributed by atoms with E-state index in [0.717, 1.165) is 13.1 Å². The van der Waals surface area contributed by atoms with E-state index >= 15 is 0 Å². The molecule has 2 N–H and O–H groups in total. The monoisotopic (exact) mass is 398 g/mol. The van der Waals surface area contributed by atoms with Crippen molar-refractivity contribution in [3.8, 4) is 11.4 Å². The molecule has 0 bridgehead atoms. The van der Waals surface area contributed by atoms with Crippen molar-refractivity contribution in [2.24, 2.45) is 5.41 Å². The molecule has 3 rings (SSSR count). The van der Waals surface area contributed by atoms with Crippen molar-refractivity contribution in [3.05, 3.63) is 36.0 Å². The summed E-state index contributed by atoms with van der Waals surface area (Å²) in [4.78, 5) is 17.1. The maximum atomic E-state index is 13.4. The van der Waals surface area contributed by atoms with Crippen LogP contribution in [0.25, 0.3) is 11.4 Å². The molecule has 9 heteroatoms. The summed E-state index contributed by atoms with van der Waals surface area (Å²) in [5.74, 6) is 0.106. The predicted octanol–water partition coefficient (Wildman–Crippen LogP) is 2.49. The van der Waals surface area contributed by atoms with E-state index in [0.29, 0.717) is 25.0 Å². The molecule has 1 aliphatic rings. The molecule has 0 radical (unpaired) electrons. The number of aromatic nitrogens is 2. The molecule has 1 amide bonds. The summed E-state index contributed by atoms with van der Waals surface area (Å²) in [6.45, 7) is 3.69. The fraction of sp³-hybridized carbons (Fsp3) is 0.500. The van der Waals surface area contributed by atoms with E-state index in [9.17, 15) is 9.18 Å². The van der Waals surface area contributed by atoms with Gasteiger partial charge < -0.3 is 19.9 Å². The van der Waals surface area contributed by atoms with Gasteiger partial charge in [0.1, 0.15) is 11.9 Å². The van der Waals surface area contributed by atoms with Crippen molar-refractivity contribution in [2.45, 2.75) is 25.8 Å². The number of hydrogen-bond donors (Lipinski definition) is 2. The number of rotatable bonds is 6. The Balaban J connectivity index is 0.00000261. The van der Waals surface area contributed by atoms with Gasteiger partial charge in [-0.2, -0.15) is 4.98 Å². The van der Waals surface area contributed by atoms with Crippen LogP contribution in [0.15, 0.2) is 28.8 Å². The largest absolute Gasteiger partial charge is 0.384 e. The fourth-order valence-electron chi connectivity index (χ4n) is 3.19. The van der Waals surface area contributed by atoms with Gasteiger partial charge in [-0.3, -0.25) is 4.79 Å². The Morgan fingerprint density at radius 3 is 2.85 bits per heavy atom. The van der Waals surface area contributed by atoms with Gasteiger partial charge in [0.25, 0.3) is 0 Å². The van der Waals surface area contributed by atoms with Crippen LogP contribution in [0.1, 0.15) is 31.7 Å². The summed E-state index contributed by atoms with van der Waals surface area (Å²) < 4.78 is 23.9. The first kappa shape index (κ1) is 21.3. The second-order valence-corrected chi connectivity index (χ2v) is 6.63. The Labute approximate surface area is 163 Å². The fourth-order valence-corrected chi connectivity index (χ4v) is 3.19. The number of nitrogens with one attached hydrogen (secondary N) is 2. The smallest absolute Gasteiger partial charge is 0.249 e. The lowest BCUT2D eigenvalue weighted by molar-refractivity contribution is -0.137. The van der Waals surface area contributed by atoms with E-state index in [4.69, 9.17) is 9.26 Å². The molecule has 2 heterocycles. The van der Waals surface area contributed by atoms with E-state index in [1.54, 1.807) is 26.2 Å². The normalized spacial score (nSPS) is 17.0. The molecule has 7 nitrogen and oxygen atoms in total. The minimum Gasteiger partial charge on any atom is -0.384 e. The molecule has 1 saturated heterocycles. The van der Waals surface area contributed by atoms with Crippen LogP contribution in [-0.4, -0.2) is 42.9 Å². The van der Waals surface area contributed by atoms with Crippen LogP contribution in [0.5, 0.6) is 0 Å². The number of halogens is 2. The molecule has 1 fully saturated rings. The maximum Gasteiger partial charge on any atom is 0.249 e. The molecular weight excluding hydrogens is 375 g/mol. The van der Waals surface area contributed by atoms with E-state index in [2.05, 4.69) is 20.8 Å². The molecule has 1 aromatic heterocycles. The number of piperidine rings is 1. The lowest BCUT2D eigenvalue weighted by Crippen LogP contribution is -2.50. The van der Waals surface area contributed by atoms with Crippen LogP contribution in [0.2, 0.25) is 0 Å². The zero-order chi connectivity index (χ0) is 18.6. The van der Waals surface area contributed by atoms with Gasteiger partial charge in [0, 0.05) is 12.7 Å². The Morgan fingerprint density at radius 1 is 1.44 bits per heavy atom. The highest BCUT2D eigenvalue weighted by atomic mass is 35.5. The molecule has 1 aliphatic heterocycles. The molecule has 0 spiro atoms. The number of ether oxygens (including phenoxy) is 1. The third kappa shape index (κ3) is 4.82. The van der Waals surface area contributed by atoms with Gasteiger partial charge in [0.15, 0.2) is 0 Å². The van der Waals surface area contributed by atoms with Crippen LogP contribution >= 0.6 is 12.4 Å². The molecule has 1 aromatic carbocycles. The van der Waals surface area contributed by atoms with Crippen molar-refractivity contribution in [2.75, 3.05) is 26.8 Å². The zero-order valence-electron chi connectivity index (χ0n) is 15.3. The van der Waals surface area contributed by atoms with Crippen molar-refractivity contribution in [1.29, 1.82) is 0 Å². The maximum absolute atomic E-state index is 13.4. The first-order valence-corrected chi connectivity index (χ1v) is 8.64. The van der Waals surface area contributed by atoms with Gasteiger partial charge in [-0.15, -0.1) is 12.4 Å². The van der Waals surface area contributed by atoms with E-state index in [1.807, 2.05) is 0 Å².